The molecule has 0 aliphatic carbocycles. The number of hydrogen-bond donors (Lipinski definition) is 7. The van der Waals surface area contributed by atoms with Crippen LogP contribution in [0.4, 0.5) is 0 Å². The monoisotopic (exact) mass is 464 g/mol. The summed E-state index contributed by atoms with van der Waals surface area (Å²) in [7, 11) is 0. The van der Waals surface area contributed by atoms with Crippen LogP contribution in [0, 0.1) is 5.92 Å². The molecule has 0 aliphatic rings. The maximum absolute atomic E-state index is 12.7. The van der Waals surface area contributed by atoms with E-state index in [1.165, 1.54) is 25.6 Å². The lowest BCUT2D eigenvalue weighted by Crippen LogP contribution is -2.60. The summed E-state index contributed by atoms with van der Waals surface area (Å²) in [6, 6.07) is -4.92. The predicted molar refractivity (Wildman–Crippen MR) is 117 cm³/mol. The third-order valence-electron chi connectivity index (χ3n) is 4.42. The standard InChI is InChI=1S/C19H36N4O7S/c1-9(2)8-13(17(27)23-15(11(4)25)19(29)30)21-18(28)14(10(3)24)22-16(26)12(20)6-7-31-5/h9-15,24-25H,6-8,20H2,1-5H3,(H,21,28)(H,22,26)(H,23,27)(H,29,30). The van der Waals surface area contributed by atoms with E-state index in [1.807, 2.05) is 6.26 Å². The zero-order valence-electron chi connectivity index (χ0n) is 18.6. The van der Waals surface area contributed by atoms with E-state index in [0.717, 1.165) is 0 Å². The van der Waals surface area contributed by atoms with Crippen LogP contribution in [0.3, 0.4) is 0 Å². The largest absolute Gasteiger partial charge is 0.480 e. The van der Waals surface area contributed by atoms with Crippen LogP contribution in [0.5, 0.6) is 0 Å². The number of carboxylic acid groups (broad SMARTS) is 1. The van der Waals surface area contributed by atoms with Crippen LogP contribution in [-0.4, -0.2) is 87.4 Å². The SMILES string of the molecule is CSCCC(N)C(=O)NC(C(=O)NC(CC(C)C)C(=O)NC(C(=O)O)C(C)O)C(C)O. The molecule has 0 radical (unpaired) electrons. The van der Waals surface area contributed by atoms with Gasteiger partial charge in [0.2, 0.25) is 17.7 Å². The molecule has 0 heterocycles. The number of carbonyl (C=O) groups excluding carboxylic acids is 3. The van der Waals surface area contributed by atoms with E-state index in [2.05, 4.69) is 16.0 Å². The summed E-state index contributed by atoms with van der Waals surface area (Å²) in [5.74, 6) is -3.06. The molecule has 0 bridgehead atoms. The summed E-state index contributed by atoms with van der Waals surface area (Å²) >= 11 is 1.51. The minimum absolute atomic E-state index is 0.0505. The molecule has 0 saturated carbocycles. The lowest BCUT2D eigenvalue weighted by molar-refractivity contribution is -0.145. The number of nitrogens with one attached hydrogen (secondary N) is 3. The molecule has 0 aromatic carbocycles. The number of carbonyl (C=O) groups is 4. The van der Waals surface area contributed by atoms with Crippen LogP contribution in [0.25, 0.3) is 0 Å². The number of thioether (sulfide) groups is 1. The van der Waals surface area contributed by atoms with Crippen LogP contribution >= 0.6 is 11.8 Å². The number of aliphatic carboxylic acids is 1. The second-order valence-electron chi connectivity index (χ2n) is 7.87. The molecule has 31 heavy (non-hydrogen) atoms. The van der Waals surface area contributed by atoms with Gasteiger partial charge in [-0.2, -0.15) is 11.8 Å². The molecule has 0 rings (SSSR count). The Bertz CT molecular complexity index is 616. The second-order valence-corrected chi connectivity index (χ2v) is 8.86. The Morgan fingerprint density at radius 2 is 1.39 bits per heavy atom. The number of amides is 3. The predicted octanol–water partition coefficient (Wildman–Crippen LogP) is -1.59. The highest BCUT2D eigenvalue weighted by atomic mass is 32.2. The summed E-state index contributed by atoms with van der Waals surface area (Å²) in [6.45, 7) is 6.13. The Morgan fingerprint density at radius 3 is 1.81 bits per heavy atom. The van der Waals surface area contributed by atoms with Crippen LogP contribution in [0.15, 0.2) is 0 Å². The highest BCUT2D eigenvalue weighted by Crippen LogP contribution is 2.08. The van der Waals surface area contributed by atoms with Gasteiger partial charge in [-0.25, -0.2) is 4.79 Å². The highest BCUT2D eigenvalue weighted by molar-refractivity contribution is 7.98. The molecule has 0 aromatic heterocycles. The van der Waals surface area contributed by atoms with Gasteiger partial charge in [0.05, 0.1) is 18.2 Å². The molecular formula is C19H36N4O7S. The third kappa shape index (κ3) is 10.8. The summed E-state index contributed by atoms with van der Waals surface area (Å²) in [4.78, 5) is 48.8. The van der Waals surface area contributed by atoms with Gasteiger partial charge in [-0.3, -0.25) is 14.4 Å². The molecule has 0 aromatic rings. The van der Waals surface area contributed by atoms with Crippen molar-refractivity contribution in [3.8, 4) is 0 Å². The Hall–Kier alpha value is -1.89. The Labute approximate surface area is 186 Å². The van der Waals surface area contributed by atoms with E-state index in [-0.39, 0.29) is 12.3 Å². The molecule has 6 unspecified atom stereocenters. The summed E-state index contributed by atoms with van der Waals surface area (Å²) in [5, 5.41) is 35.8. The number of aliphatic hydroxyl groups excluding tert-OH is 2. The van der Waals surface area contributed by atoms with Crippen molar-refractivity contribution in [1.29, 1.82) is 0 Å². The number of nitrogens with two attached hydrogens (primary N) is 1. The fourth-order valence-electron chi connectivity index (χ4n) is 2.65. The van der Waals surface area contributed by atoms with Crippen LogP contribution in [-0.2, 0) is 19.2 Å². The number of carboxylic acids is 1. The highest BCUT2D eigenvalue weighted by Gasteiger charge is 2.33. The summed E-state index contributed by atoms with van der Waals surface area (Å²) < 4.78 is 0. The van der Waals surface area contributed by atoms with Gasteiger partial charge in [-0.1, -0.05) is 13.8 Å². The van der Waals surface area contributed by atoms with E-state index in [0.29, 0.717) is 12.2 Å². The van der Waals surface area contributed by atoms with Crippen molar-refractivity contribution in [1.82, 2.24) is 16.0 Å². The number of hydrogen-bond acceptors (Lipinski definition) is 8. The average molecular weight is 465 g/mol. The molecular weight excluding hydrogens is 428 g/mol. The van der Waals surface area contributed by atoms with Crippen LogP contribution in [0.2, 0.25) is 0 Å². The minimum atomic E-state index is -1.55. The van der Waals surface area contributed by atoms with Crippen LogP contribution in [0.1, 0.15) is 40.5 Å². The van der Waals surface area contributed by atoms with E-state index in [1.54, 1.807) is 13.8 Å². The van der Waals surface area contributed by atoms with Gasteiger partial charge in [0, 0.05) is 0 Å². The van der Waals surface area contributed by atoms with Gasteiger partial charge in [-0.15, -0.1) is 0 Å². The first-order valence-corrected chi connectivity index (χ1v) is 11.5. The smallest absolute Gasteiger partial charge is 0.328 e. The summed E-state index contributed by atoms with van der Waals surface area (Å²) in [6.07, 6.45) is -0.219. The first-order valence-electron chi connectivity index (χ1n) is 10.1. The number of rotatable bonds is 14. The van der Waals surface area contributed by atoms with Crippen molar-refractivity contribution in [3.63, 3.8) is 0 Å². The normalized spacial score (nSPS) is 17.1. The lowest BCUT2D eigenvalue weighted by Gasteiger charge is -2.27. The van der Waals surface area contributed by atoms with Gasteiger partial charge in [0.15, 0.2) is 6.04 Å². The van der Waals surface area contributed by atoms with Crippen molar-refractivity contribution in [3.05, 3.63) is 0 Å². The van der Waals surface area contributed by atoms with Crippen molar-refractivity contribution in [2.45, 2.75) is 76.9 Å². The molecule has 0 spiro atoms. The molecule has 0 saturated heterocycles. The molecule has 11 nitrogen and oxygen atoms in total. The molecule has 180 valence electrons. The minimum Gasteiger partial charge on any atom is -0.480 e. The Morgan fingerprint density at radius 1 is 0.871 bits per heavy atom. The number of aliphatic hydroxyl groups is 2. The molecule has 0 aliphatic heterocycles. The fourth-order valence-corrected chi connectivity index (χ4v) is 3.14. The maximum atomic E-state index is 12.7. The zero-order valence-corrected chi connectivity index (χ0v) is 19.4. The van der Waals surface area contributed by atoms with Crippen LogP contribution < -0.4 is 21.7 Å². The third-order valence-corrected chi connectivity index (χ3v) is 5.06. The summed E-state index contributed by atoms with van der Waals surface area (Å²) in [5.41, 5.74) is 5.80. The second kappa shape index (κ2) is 14.2. The Kier molecular flexibility index (Phi) is 13.4. The van der Waals surface area contributed by atoms with Crippen molar-refractivity contribution >= 4 is 35.5 Å². The molecule has 0 fully saturated rings. The van der Waals surface area contributed by atoms with Crippen molar-refractivity contribution in [2.75, 3.05) is 12.0 Å². The molecule has 12 heteroatoms. The van der Waals surface area contributed by atoms with Gasteiger partial charge < -0.3 is 37.0 Å². The quantitative estimate of drug-likeness (QED) is 0.159. The van der Waals surface area contributed by atoms with E-state index in [9.17, 15) is 29.4 Å². The van der Waals surface area contributed by atoms with Crippen molar-refractivity contribution < 1.29 is 34.5 Å². The van der Waals surface area contributed by atoms with Gasteiger partial charge in [-0.05, 0) is 44.6 Å². The van der Waals surface area contributed by atoms with Gasteiger partial charge in [0.1, 0.15) is 12.1 Å². The lowest BCUT2D eigenvalue weighted by atomic mass is 10.0. The molecule has 3 amide bonds. The topological polar surface area (TPSA) is 191 Å². The van der Waals surface area contributed by atoms with Gasteiger partial charge in [0.25, 0.3) is 0 Å². The Balaban J connectivity index is 5.37. The first-order chi connectivity index (χ1) is 14.3. The maximum Gasteiger partial charge on any atom is 0.328 e. The molecule has 6 atom stereocenters. The zero-order chi connectivity index (χ0) is 24.3. The van der Waals surface area contributed by atoms with Crippen molar-refractivity contribution in [2.24, 2.45) is 11.7 Å². The van der Waals surface area contributed by atoms with Gasteiger partial charge >= 0.3 is 5.97 Å². The fraction of sp³-hybridized carbons (Fsp3) is 0.789. The average Bonchev–Trinajstić information content (AvgIpc) is 2.65. The first kappa shape index (κ1) is 29.1. The van der Waals surface area contributed by atoms with E-state index < -0.39 is 60.1 Å². The van der Waals surface area contributed by atoms with E-state index in [4.69, 9.17) is 10.8 Å². The van der Waals surface area contributed by atoms with E-state index >= 15 is 0 Å². The molecule has 8 N–H and O–H groups in total.